The molecule has 0 fully saturated rings. The summed E-state index contributed by atoms with van der Waals surface area (Å²) in [5.41, 5.74) is 11.4. The van der Waals surface area contributed by atoms with Crippen molar-refractivity contribution in [3.05, 3.63) is 160 Å². The van der Waals surface area contributed by atoms with E-state index in [1.807, 2.05) is 12.1 Å². The Morgan fingerprint density at radius 3 is 1.14 bits per heavy atom. The Balaban J connectivity index is 0.000000253. The van der Waals surface area contributed by atoms with Crippen LogP contribution in [0.15, 0.2) is 109 Å². The molecule has 0 saturated heterocycles. The Hall–Kier alpha value is -3.06. The summed E-state index contributed by atoms with van der Waals surface area (Å²) in [5.74, 6) is 2.42. The molecule has 6 aromatic carbocycles. The van der Waals surface area contributed by atoms with Crippen molar-refractivity contribution in [1.82, 2.24) is 0 Å². The summed E-state index contributed by atoms with van der Waals surface area (Å²) >= 11 is 0. The Labute approximate surface area is 327 Å². The molecule has 0 atom stereocenters. The van der Waals surface area contributed by atoms with E-state index in [0.29, 0.717) is 23.7 Å². The molecule has 0 nitrogen and oxygen atoms in total. The second-order valence-electron chi connectivity index (χ2n) is 14.2. The largest absolute Gasteiger partial charge is 4.00 e. The van der Waals surface area contributed by atoms with E-state index in [9.17, 15) is 0 Å². The van der Waals surface area contributed by atoms with Crippen molar-refractivity contribution in [3.8, 4) is 0 Å². The molecule has 0 N–H and O–H groups in total. The van der Waals surface area contributed by atoms with Crippen LogP contribution in [0.5, 0.6) is 0 Å². The molecule has 50 heavy (non-hydrogen) atoms. The number of hydrogen-bond donors (Lipinski definition) is 0. The monoisotopic (exact) mass is 754 g/mol. The fourth-order valence-electron chi connectivity index (χ4n) is 6.19. The van der Waals surface area contributed by atoms with E-state index in [4.69, 9.17) is 0 Å². The van der Waals surface area contributed by atoms with Crippen LogP contribution in [0.3, 0.4) is 0 Å². The minimum Gasteiger partial charge on any atom is -0.533 e. The van der Waals surface area contributed by atoms with Crippen molar-refractivity contribution in [2.24, 2.45) is 0 Å². The summed E-state index contributed by atoms with van der Waals surface area (Å²) in [6.45, 7) is 22.7. The molecule has 0 radical (unpaired) electrons. The molecule has 6 rings (SSSR count). The summed E-state index contributed by atoms with van der Waals surface area (Å²) in [6, 6.07) is 39.7. The molecule has 0 heterocycles. The third kappa shape index (κ3) is 12.0. The molecule has 6 aromatic rings. The topological polar surface area (TPSA) is 0 Å². The molecule has 0 aromatic heterocycles. The number of benzene rings is 4. The Kier molecular flexibility index (Phi) is 18.4. The van der Waals surface area contributed by atoms with E-state index in [-0.39, 0.29) is 26.2 Å². The quantitative estimate of drug-likeness (QED) is 0.107. The van der Waals surface area contributed by atoms with Crippen molar-refractivity contribution in [1.29, 1.82) is 0 Å². The first-order valence-corrected chi connectivity index (χ1v) is 19.1. The molecule has 0 amide bonds. The van der Waals surface area contributed by atoms with E-state index in [1.165, 1.54) is 75.9 Å². The van der Waals surface area contributed by atoms with Crippen molar-refractivity contribution in [2.45, 2.75) is 106 Å². The SMILES string of the molecule is CCc1cc2c(C(C)C)cc(C(C)C)cc2[cH-]1.CCc1cc2c(C(C)C)cc(C(C)C)cc2[cH-]1.[CH-]=[SiH2].[Zr+4].c1ccc([CH-]c2ccccc2)cc1. The maximum Gasteiger partial charge on any atom is 4.00 e. The average molecular weight is 756 g/mol. The van der Waals surface area contributed by atoms with Gasteiger partial charge in [-0.25, -0.2) is 9.85 Å². The van der Waals surface area contributed by atoms with Gasteiger partial charge in [-0.05, 0) is 36.5 Å². The number of aryl methyl sites for hydroxylation is 2. The van der Waals surface area contributed by atoms with Crippen molar-refractivity contribution >= 4 is 37.6 Å². The number of fused-ring (bicyclic) bond motifs is 2. The zero-order chi connectivity index (χ0) is 36.1. The van der Waals surface area contributed by atoms with E-state index in [2.05, 4.69) is 179 Å². The summed E-state index contributed by atoms with van der Waals surface area (Å²) in [7, 11) is 1.36. The van der Waals surface area contributed by atoms with Gasteiger partial charge in [-0.2, -0.15) is 12.1 Å². The fraction of sp³-hybridized carbons (Fsp3) is 0.333. The number of hydrogen-bond acceptors (Lipinski definition) is 0. The molecule has 0 saturated carbocycles. The first-order chi connectivity index (χ1) is 23.5. The molecule has 2 heteroatoms. The van der Waals surface area contributed by atoms with Gasteiger partial charge < -0.3 is 6.17 Å². The average Bonchev–Trinajstić information content (AvgIpc) is 3.73. The van der Waals surface area contributed by atoms with Gasteiger partial charge in [-0.15, -0.1) is 98.8 Å². The minimum atomic E-state index is 0. The smallest absolute Gasteiger partial charge is 0.533 e. The molecular weight excluding hydrogens is 696 g/mol. The first-order valence-electron chi connectivity index (χ1n) is 18.3. The molecule has 0 aliphatic rings. The van der Waals surface area contributed by atoms with Gasteiger partial charge in [0.2, 0.25) is 0 Å². The molecule has 0 aliphatic heterocycles. The van der Waals surface area contributed by atoms with Crippen molar-refractivity contribution in [3.63, 3.8) is 0 Å². The molecule has 0 spiro atoms. The number of rotatable bonds is 8. The van der Waals surface area contributed by atoms with Gasteiger partial charge in [-0.1, -0.05) is 140 Å². The van der Waals surface area contributed by atoms with Crippen LogP contribution >= 0.6 is 0 Å². The van der Waals surface area contributed by atoms with Gasteiger partial charge in [0.05, 0.1) is 0 Å². The molecule has 0 unspecified atom stereocenters. The summed E-state index contributed by atoms with van der Waals surface area (Å²) < 4.78 is 0. The molecule has 0 aliphatic carbocycles. The zero-order valence-electron chi connectivity index (χ0n) is 32.5. The molecule has 260 valence electrons. The zero-order valence-corrected chi connectivity index (χ0v) is 36.3. The third-order valence-electron chi connectivity index (χ3n) is 9.20. The summed E-state index contributed by atoms with van der Waals surface area (Å²) in [6.07, 6.45) is 8.95. The van der Waals surface area contributed by atoms with E-state index in [1.54, 1.807) is 0 Å². The van der Waals surface area contributed by atoms with E-state index >= 15 is 0 Å². The van der Waals surface area contributed by atoms with Gasteiger partial charge >= 0.3 is 26.2 Å². The predicted molar refractivity (Wildman–Crippen MR) is 224 cm³/mol. The maximum atomic E-state index is 4.53. The standard InChI is InChI=1S/2C17H23.C13H11.CH3Si.Zr/c2*1-6-13-7-15-9-14(11(2)3)10-16(12(4)5)17(15)8-13;1-3-7-12(8-4-1)11-13-9-5-2-6-10-13;1-2;/h2*7-12H,6H2,1-5H3;1-11H;1H,2H2;/q4*-1;+4. The van der Waals surface area contributed by atoms with Gasteiger partial charge in [0.25, 0.3) is 0 Å². The third-order valence-corrected chi connectivity index (χ3v) is 9.20. The predicted octanol–water partition coefficient (Wildman–Crippen LogP) is 12.9. The van der Waals surface area contributed by atoms with Crippen molar-refractivity contribution < 1.29 is 26.2 Å². The second kappa shape index (κ2) is 21.3. The van der Waals surface area contributed by atoms with Crippen LogP contribution in [0.2, 0.25) is 0 Å². The molecule has 0 bridgehead atoms. The van der Waals surface area contributed by atoms with Crippen LogP contribution in [0.1, 0.15) is 137 Å². The van der Waals surface area contributed by atoms with Gasteiger partial charge in [0.15, 0.2) is 0 Å². The van der Waals surface area contributed by atoms with Crippen LogP contribution in [-0.4, -0.2) is 16.0 Å². The van der Waals surface area contributed by atoms with Gasteiger partial charge in [-0.3, -0.25) is 0 Å². The Morgan fingerprint density at radius 2 is 0.860 bits per heavy atom. The summed E-state index contributed by atoms with van der Waals surface area (Å²) in [5, 5.41) is 5.77. The molecular formula is C48H60SiZr. The maximum absolute atomic E-state index is 4.53. The first kappa shape index (κ1) is 43.1. The van der Waals surface area contributed by atoms with Crippen LogP contribution in [0.4, 0.5) is 0 Å². The van der Waals surface area contributed by atoms with Crippen molar-refractivity contribution in [2.75, 3.05) is 0 Å². The van der Waals surface area contributed by atoms with Crippen LogP contribution < -0.4 is 0 Å². The Morgan fingerprint density at radius 1 is 0.520 bits per heavy atom. The fourth-order valence-corrected chi connectivity index (χ4v) is 6.19. The van der Waals surface area contributed by atoms with Crippen LogP contribution in [-0.2, 0) is 39.0 Å². The van der Waals surface area contributed by atoms with Crippen LogP contribution in [0, 0.1) is 6.42 Å². The van der Waals surface area contributed by atoms with Gasteiger partial charge in [0.1, 0.15) is 0 Å². The minimum absolute atomic E-state index is 0. The van der Waals surface area contributed by atoms with E-state index < -0.39 is 0 Å². The van der Waals surface area contributed by atoms with Crippen LogP contribution in [0.25, 0.3) is 21.5 Å². The van der Waals surface area contributed by atoms with Gasteiger partial charge in [0, 0.05) is 0 Å². The summed E-state index contributed by atoms with van der Waals surface area (Å²) in [4.78, 5) is 0. The second-order valence-corrected chi connectivity index (χ2v) is 14.2. The normalized spacial score (nSPS) is 10.7. The van der Waals surface area contributed by atoms with E-state index in [0.717, 1.165) is 12.8 Å². The Bertz CT molecular complexity index is 1700.